The predicted molar refractivity (Wildman–Crippen MR) is 108 cm³/mol. The van der Waals surface area contributed by atoms with E-state index in [1.807, 2.05) is 18.3 Å². The van der Waals surface area contributed by atoms with Crippen molar-refractivity contribution in [3.63, 3.8) is 0 Å². The summed E-state index contributed by atoms with van der Waals surface area (Å²) in [7, 11) is 0. The Balaban J connectivity index is 1.36. The van der Waals surface area contributed by atoms with E-state index >= 15 is 0 Å². The predicted octanol–water partition coefficient (Wildman–Crippen LogP) is 2.05. The molecule has 6 heteroatoms. The summed E-state index contributed by atoms with van der Waals surface area (Å²) in [6.07, 6.45) is 6.40. The van der Waals surface area contributed by atoms with Crippen molar-refractivity contribution in [3.05, 3.63) is 54.4 Å². The Bertz CT molecular complexity index is 911. The number of hydrogen-bond donors (Lipinski definition) is 1. The lowest BCUT2D eigenvalue weighted by Crippen LogP contribution is -2.73. The van der Waals surface area contributed by atoms with Gasteiger partial charge < -0.3 is 14.9 Å². The van der Waals surface area contributed by atoms with Crippen molar-refractivity contribution in [1.82, 2.24) is 14.8 Å². The van der Waals surface area contributed by atoms with Crippen LogP contribution in [0.4, 0.5) is 0 Å². The van der Waals surface area contributed by atoms with Gasteiger partial charge in [0.25, 0.3) is 0 Å². The zero-order valence-electron chi connectivity index (χ0n) is 16.3. The smallest absolute Gasteiger partial charge is 0.242 e. The highest BCUT2D eigenvalue weighted by molar-refractivity contribution is 5.88. The lowest BCUT2D eigenvalue weighted by atomic mass is 9.73. The number of hydrogen-bond acceptors (Lipinski definition) is 4. The van der Waals surface area contributed by atoms with Gasteiger partial charge in [-0.05, 0) is 41.5 Å². The van der Waals surface area contributed by atoms with Crippen molar-refractivity contribution < 1.29 is 14.7 Å². The Morgan fingerprint density at radius 3 is 2.59 bits per heavy atom. The number of piperazine rings is 1. The molecule has 0 radical (unpaired) electrons. The third-order valence-electron chi connectivity index (χ3n) is 6.56. The van der Waals surface area contributed by atoms with Crippen molar-refractivity contribution in [2.45, 2.75) is 37.3 Å². The summed E-state index contributed by atoms with van der Waals surface area (Å²) >= 11 is 0. The molecule has 3 heterocycles. The Kier molecular flexibility index (Phi) is 4.59. The van der Waals surface area contributed by atoms with Crippen LogP contribution in [0.1, 0.15) is 30.7 Å². The maximum atomic E-state index is 12.7. The van der Waals surface area contributed by atoms with Gasteiger partial charge in [-0.1, -0.05) is 30.3 Å². The number of amides is 2. The third kappa shape index (κ3) is 3.31. The number of carbonyl (C=O) groups excluding carboxylic acids is 2. The van der Waals surface area contributed by atoms with Gasteiger partial charge in [0.05, 0.1) is 25.2 Å². The summed E-state index contributed by atoms with van der Waals surface area (Å²) < 4.78 is 0. The van der Waals surface area contributed by atoms with Gasteiger partial charge in [-0.3, -0.25) is 14.6 Å². The lowest BCUT2D eigenvalue weighted by molar-refractivity contribution is -0.167. The first-order valence-corrected chi connectivity index (χ1v) is 10.4. The minimum atomic E-state index is -0.211. The number of fused-ring (bicyclic) bond motifs is 1. The highest BCUT2D eigenvalue weighted by atomic mass is 16.3. The molecule has 3 atom stereocenters. The number of benzene rings is 1. The molecule has 150 valence electrons. The van der Waals surface area contributed by atoms with Crippen LogP contribution in [0, 0.1) is 5.92 Å². The molecule has 2 amide bonds. The van der Waals surface area contributed by atoms with Crippen LogP contribution in [0.2, 0.25) is 0 Å². The monoisotopic (exact) mass is 391 g/mol. The van der Waals surface area contributed by atoms with E-state index in [9.17, 15) is 14.7 Å². The molecule has 1 aromatic heterocycles. The van der Waals surface area contributed by atoms with Crippen LogP contribution in [-0.4, -0.2) is 63.5 Å². The van der Waals surface area contributed by atoms with Gasteiger partial charge in [0.15, 0.2) is 0 Å². The van der Waals surface area contributed by atoms with Gasteiger partial charge in [-0.15, -0.1) is 0 Å². The maximum absolute atomic E-state index is 12.7. The van der Waals surface area contributed by atoms with Crippen molar-refractivity contribution >= 4 is 11.8 Å². The summed E-state index contributed by atoms with van der Waals surface area (Å²) in [6.45, 7) is 0.640. The Hall–Kier alpha value is -2.73. The number of aromatic nitrogens is 1. The topological polar surface area (TPSA) is 73.7 Å². The summed E-state index contributed by atoms with van der Waals surface area (Å²) in [4.78, 5) is 32.9. The first-order valence-electron chi connectivity index (χ1n) is 10.4. The molecular formula is C23H25N3O3. The second kappa shape index (κ2) is 7.26. The van der Waals surface area contributed by atoms with Gasteiger partial charge in [0.2, 0.25) is 11.8 Å². The first kappa shape index (κ1) is 18.3. The molecule has 1 aromatic carbocycles. The molecule has 3 fully saturated rings. The van der Waals surface area contributed by atoms with Gasteiger partial charge >= 0.3 is 0 Å². The molecule has 2 saturated heterocycles. The molecule has 1 saturated carbocycles. The standard InChI is InChI=1S/C23H25N3O3/c27-14-20-23(17-7-5-16(6-8-17)18-2-1-9-24-11-18)19-12-25(13-22(29)26(19)20)21(28)10-15-3-4-15/h1-2,5-9,11,15,19-20,23,27H,3-4,10,12-14H2/t19-,20+,23-/m0/s1. The van der Waals surface area contributed by atoms with Gasteiger partial charge in [0, 0.05) is 31.3 Å². The zero-order valence-corrected chi connectivity index (χ0v) is 16.3. The van der Waals surface area contributed by atoms with E-state index in [2.05, 4.69) is 29.2 Å². The van der Waals surface area contributed by atoms with Crippen LogP contribution >= 0.6 is 0 Å². The molecule has 29 heavy (non-hydrogen) atoms. The highest BCUT2D eigenvalue weighted by Gasteiger charge is 2.54. The minimum Gasteiger partial charge on any atom is -0.394 e. The molecule has 1 aliphatic carbocycles. The fourth-order valence-electron chi connectivity index (χ4n) is 4.82. The summed E-state index contributed by atoms with van der Waals surface area (Å²) in [5, 5.41) is 9.93. The quantitative estimate of drug-likeness (QED) is 0.847. The van der Waals surface area contributed by atoms with Crippen molar-refractivity contribution in [3.8, 4) is 11.1 Å². The van der Waals surface area contributed by atoms with Crippen LogP contribution in [0.15, 0.2) is 48.8 Å². The number of rotatable bonds is 5. The average Bonchev–Trinajstić information content (AvgIpc) is 3.54. The van der Waals surface area contributed by atoms with E-state index in [1.54, 1.807) is 16.0 Å². The van der Waals surface area contributed by atoms with Crippen molar-refractivity contribution in [1.29, 1.82) is 0 Å². The number of aliphatic hydroxyl groups excluding tert-OH is 1. The second-order valence-electron chi connectivity index (χ2n) is 8.43. The van der Waals surface area contributed by atoms with E-state index in [0.717, 1.165) is 29.5 Å². The van der Waals surface area contributed by atoms with E-state index in [-0.39, 0.29) is 43.0 Å². The van der Waals surface area contributed by atoms with E-state index < -0.39 is 0 Å². The summed E-state index contributed by atoms with van der Waals surface area (Å²) in [5.41, 5.74) is 3.24. The van der Waals surface area contributed by atoms with Gasteiger partial charge in [-0.2, -0.15) is 0 Å². The zero-order chi connectivity index (χ0) is 20.0. The fourth-order valence-corrected chi connectivity index (χ4v) is 4.82. The van der Waals surface area contributed by atoms with Crippen LogP contribution in [0.5, 0.6) is 0 Å². The van der Waals surface area contributed by atoms with Gasteiger partial charge in [-0.25, -0.2) is 0 Å². The molecule has 2 aliphatic heterocycles. The molecular weight excluding hydrogens is 366 g/mol. The van der Waals surface area contributed by atoms with Crippen molar-refractivity contribution in [2.75, 3.05) is 19.7 Å². The van der Waals surface area contributed by atoms with Gasteiger partial charge in [0.1, 0.15) is 0 Å². The first-order chi connectivity index (χ1) is 14.2. The average molecular weight is 391 g/mol. The Morgan fingerprint density at radius 2 is 1.93 bits per heavy atom. The lowest BCUT2D eigenvalue weighted by Gasteiger charge is -2.58. The molecule has 6 nitrogen and oxygen atoms in total. The van der Waals surface area contributed by atoms with Crippen molar-refractivity contribution in [2.24, 2.45) is 5.92 Å². The highest BCUT2D eigenvalue weighted by Crippen LogP contribution is 2.43. The fraction of sp³-hybridized carbons (Fsp3) is 0.435. The normalized spacial score (nSPS) is 26.1. The number of nitrogens with zero attached hydrogens (tertiary/aromatic N) is 3. The van der Waals surface area contributed by atoms with E-state index in [4.69, 9.17) is 0 Å². The van der Waals surface area contributed by atoms with E-state index in [1.165, 1.54) is 0 Å². The molecule has 2 aromatic rings. The third-order valence-corrected chi connectivity index (χ3v) is 6.56. The molecule has 3 aliphatic rings. The number of carbonyl (C=O) groups is 2. The maximum Gasteiger partial charge on any atom is 0.242 e. The van der Waals surface area contributed by atoms with Crippen LogP contribution in [0.25, 0.3) is 11.1 Å². The number of pyridine rings is 1. The SMILES string of the molecule is O=C(CC1CC1)N1CC(=O)N2[C@H](CO)[C@@H](c3ccc(-c4cccnc4)cc3)[C@@H]2C1. The largest absolute Gasteiger partial charge is 0.394 e. The summed E-state index contributed by atoms with van der Waals surface area (Å²) in [6, 6.07) is 11.9. The van der Waals surface area contributed by atoms with Crippen LogP contribution < -0.4 is 0 Å². The molecule has 5 rings (SSSR count). The van der Waals surface area contributed by atoms with Crippen LogP contribution in [-0.2, 0) is 9.59 Å². The Morgan fingerprint density at radius 1 is 1.14 bits per heavy atom. The molecule has 1 N–H and O–H groups in total. The number of aliphatic hydroxyl groups is 1. The Labute approximate surface area is 170 Å². The summed E-state index contributed by atoms with van der Waals surface area (Å²) in [5.74, 6) is 0.604. The molecule has 0 bridgehead atoms. The minimum absolute atomic E-state index is 0.0448. The molecule has 0 spiro atoms. The second-order valence-corrected chi connectivity index (χ2v) is 8.43. The van der Waals surface area contributed by atoms with Crippen LogP contribution in [0.3, 0.4) is 0 Å². The van der Waals surface area contributed by atoms with E-state index in [0.29, 0.717) is 18.9 Å². The molecule has 0 unspecified atom stereocenters.